The van der Waals surface area contributed by atoms with Crippen molar-refractivity contribution in [1.29, 1.82) is 0 Å². The first-order valence-corrected chi connectivity index (χ1v) is 9.49. The fraction of sp³-hybridized carbons (Fsp3) is 0.111. The third-order valence-electron chi connectivity index (χ3n) is 3.64. The average molecular weight is 373 g/mol. The Balaban J connectivity index is 1.95. The predicted octanol–water partition coefficient (Wildman–Crippen LogP) is 3.44. The van der Waals surface area contributed by atoms with E-state index in [1.54, 1.807) is 18.2 Å². The molecule has 0 saturated carbocycles. The molecule has 0 atom stereocenters. The number of aromatic nitrogens is 2. The molecule has 134 valence electrons. The summed E-state index contributed by atoms with van der Waals surface area (Å²) in [4.78, 5) is 8.49. The Morgan fingerprint density at radius 3 is 2.62 bits per heavy atom. The standard InChI is InChI=1S/C18H16FN3O3S/c1-25-17-7-6-12(19)8-15(17)16-10-18(21-11-20-16)22-13-4-3-5-14(9-13)26(2,23)24/h3-11H,1-2H3,(H,20,21,22). The zero-order chi connectivity index (χ0) is 18.7. The molecule has 2 aromatic carbocycles. The minimum absolute atomic E-state index is 0.198. The van der Waals surface area contributed by atoms with Crippen LogP contribution in [0.25, 0.3) is 11.3 Å². The third kappa shape index (κ3) is 3.97. The summed E-state index contributed by atoms with van der Waals surface area (Å²) in [5.41, 5.74) is 1.52. The van der Waals surface area contributed by atoms with E-state index in [1.165, 1.54) is 43.8 Å². The van der Waals surface area contributed by atoms with E-state index in [2.05, 4.69) is 15.3 Å². The summed E-state index contributed by atoms with van der Waals surface area (Å²) in [5, 5.41) is 3.03. The molecule has 0 saturated heterocycles. The molecule has 0 aliphatic carbocycles. The maximum atomic E-state index is 13.6. The average Bonchev–Trinajstić information content (AvgIpc) is 2.61. The quantitative estimate of drug-likeness (QED) is 0.738. The molecule has 0 bridgehead atoms. The summed E-state index contributed by atoms with van der Waals surface area (Å²) in [6.45, 7) is 0. The maximum Gasteiger partial charge on any atom is 0.175 e. The molecule has 1 N–H and O–H groups in total. The van der Waals surface area contributed by atoms with Gasteiger partial charge in [-0.15, -0.1) is 0 Å². The molecular formula is C18H16FN3O3S. The van der Waals surface area contributed by atoms with Crippen molar-refractivity contribution < 1.29 is 17.5 Å². The number of hydrogen-bond donors (Lipinski definition) is 1. The van der Waals surface area contributed by atoms with Crippen molar-refractivity contribution >= 4 is 21.3 Å². The van der Waals surface area contributed by atoms with Gasteiger partial charge >= 0.3 is 0 Å². The molecule has 0 radical (unpaired) electrons. The van der Waals surface area contributed by atoms with Crippen LogP contribution in [0.5, 0.6) is 5.75 Å². The topological polar surface area (TPSA) is 81.2 Å². The lowest BCUT2D eigenvalue weighted by molar-refractivity contribution is 0.415. The second-order valence-electron chi connectivity index (χ2n) is 5.56. The van der Waals surface area contributed by atoms with Crippen LogP contribution in [0, 0.1) is 5.82 Å². The van der Waals surface area contributed by atoms with E-state index >= 15 is 0 Å². The van der Waals surface area contributed by atoms with Crippen LogP contribution in [0.4, 0.5) is 15.9 Å². The zero-order valence-electron chi connectivity index (χ0n) is 14.1. The molecule has 0 unspecified atom stereocenters. The zero-order valence-corrected chi connectivity index (χ0v) is 14.9. The highest BCUT2D eigenvalue weighted by Crippen LogP contribution is 2.30. The van der Waals surface area contributed by atoms with Crippen LogP contribution in [0.2, 0.25) is 0 Å². The molecule has 0 amide bonds. The minimum Gasteiger partial charge on any atom is -0.496 e. The first-order chi connectivity index (χ1) is 12.4. The van der Waals surface area contributed by atoms with Crippen LogP contribution in [0.1, 0.15) is 0 Å². The first-order valence-electron chi connectivity index (χ1n) is 7.60. The normalized spacial score (nSPS) is 11.2. The van der Waals surface area contributed by atoms with Crippen molar-refractivity contribution in [1.82, 2.24) is 9.97 Å². The summed E-state index contributed by atoms with van der Waals surface area (Å²) < 4.78 is 42.2. The lowest BCUT2D eigenvalue weighted by Crippen LogP contribution is -2.00. The molecule has 0 aliphatic heterocycles. The predicted molar refractivity (Wildman–Crippen MR) is 96.8 cm³/mol. The number of methoxy groups -OCH3 is 1. The Morgan fingerprint density at radius 2 is 1.88 bits per heavy atom. The molecule has 3 aromatic rings. The Labute approximate surface area is 150 Å². The number of sulfone groups is 1. The Kier molecular flexibility index (Phi) is 4.85. The first kappa shape index (κ1) is 17.8. The highest BCUT2D eigenvalue weighted by molar-refractivity contribution is 7.90. The van der Waals surface area contributed by atoms with Gasteiger partial charge in [-0.2, -0.15) is 0 Å². The third-order valence-corrected chi connectivity index (χ3v) is 4.75. The second kappa shape index (κ2) is 7.09. The lowest BCUT2D eigenvalue weighted by Gasteiger charge is -2.10. The maximum absolute atomic E-state index is 13.6. The largest absolute Gasteiger partial charge is 0.496 e. The molecule has 0 aliphatic rings. The Morgan fingerprint density at radius 1 is 1.08 bits per heavy atom. The number of halogens is 1. The van der Waals surface area contributed by atoms with Crippen molar-refractivity contribution in [3.05, 3.63) is 60.7 Å². The van der Waals surface area contributed by atoms with Crippen LogP contribution in [-0.2, 0) is 9.84 Å². The van der Waals surface area contributed by atoms with Gasteiger partial charge in [-0.05, 0) is 36.4 Å². The van der Waals surface area contributed by atoms with Crippen LogP contribution in [0.3, 0.4) is 0 Å². The number of ether oxygens (including phenoxy) is 1. The fourth-order valence-electron chi connectivity index (χ4n) is 2.41. The SMILES string of the molecule is COc1ccc(F)cc1-c1cc(Nc2cccc(S(C)(=O)=O)c2)ncn1. The number of benzene rings is 2. The van der Waals surface area contributed by atoms with Gasteiger partial charge in [0.25, 0.3) is 0 Å². The van der Waals surface area contributed by atoms with Crippen LogP contribution in [0.15, 0.2) is 59.8 Å². The molecule has 1 heterocycles. The van der Waals surface area contributed by atoms with E-state index in [4.69, 9.17) is 4.74 Å². The van der Waals surface area contributed by atoms with Crippen molar-refractivity contribution in [2.24, 2.45) is 0 Å². The summed E-state index contributed by atoms with van der Waals surface area (Å²) in [5.74, 6) is 0.511. The Hall–Kier alpha value is -3.00. The number of nitrogens with zero attached hydrogens (tertiary/aromatic N) is 2. The highest BCUT2D eigenvalue weighted by atomic mass is 32.2. The van der Waals surface area contributed by atoms with Crippen LogP contribution in [-0.4, -0.2) is 31.8 Å². The Bertz CT molecular complexity index is 1060. The van der Waals surface area contributed by atoms with Gasteiger partial charge in [-0.25, -0.2) is 22.8 Å². The van der Waals surface area contributed by atoms with Gasteiger partial charge in [0, 0.05) is 23.6 Å². The molecule has 8 heteroatoms. The molecular weight excluding hydrogens is 357 g/mol. The molecule has 1 aromatic heterocycles. The lowest BCUT2D eigenvalue weighted by atomic mass is 10.1. The van der Waals surface area contributed by atoms with E-state index in [1.807, 2.05) is 0 Å². The van der Waals surface area contributed by atoms with E-state index in [0.29, 0.717) is 28.5 Å². The van der Waals surface area contributed by atoms with Crippen molar-refractivity contribution in [2.75, 3.05) is 18.7 Å². The molecule has 3 rings (SSSR count). The molecule has 6 nitrogen and oxygen atoms in total. The fourth-order valence-corrected chi connectivity index (χ4v) is 3.07. The van der Waals surface area contributed by atoms with E-state index in [0.717, 1.165) is 6.26 Å². The number of anilines is 2. The second-order valence-corrected chi connectivity index (χ2v) is 7.57. The molecule has 26 heavy (non-hydrogen) atoms. The van der Waals surface area contributed by atoms with Crippen LogP contribution >= 0.6 is 0 Å². The van der Waals surface area contributed by atoms with E-state index < -0.39 is 15.7 Å². The van der Waals surface area contributed by atoms with Gasteiger partial charge in [0.15, 0.2) is 9.84 Å². The number of nitrogens with one attached hydrogen (secondary N) is 1. The highest BCUT2D eigenvalue weighted by Gasteiger charge is 2.11. The van der Waals surface area contributed by atoms with Gasteiger partial charge in [0.2, 0.25) is 0 Å². The smallest absolute Gasteiger partial charge is 0.175 e. The van der Waals surface area contributed by atoms with Crippen molar-refractivity contribution in [3.8, 4) is 17.0 Å². The number of rotatable bonds is 5. The van der Waals surface area contributed by atoms with Gasteiger partial charge in [0.1, 0.15) is 23.7 Å². The summed E-state index contributed by atoms with van der Waals surface area (Å²) >= 11 is 0. The van der Waals surface area contributed by atoms with E-state index in [9.17, 15) is 12.8 Å². The van der Waals surface area contributed by atoms with Crippen molar-refractivity contribution in [2.45, 2.75) is 4.90 Å². The van der Waals surface area contributed by atoms with Gasteiger partial charge in [-0.3, -0.25) is 0 Å². The summed E-state index contributed by atoms with van der Waals surface area (Å²) in [7, 11) is -1.82. The summed E-state index contributed by atoms with van der Waals surface area (Å²) in [6, 6.07) is 12.2. The summed E-state index contributed by atoms with van der Waals surface area (Å²) in [6.07, 6.45) is 2.48. The van der Waals surface area contributed by atoms with Gasteiger partial charge in [0.05, 0.1) is 17.7 Å². The molecule has 0 spiro atoms. The van der Waals surface area contributed by atoms with Gasteiger partial charge in [-0.1, -0.05) is 6.07 Å². The number of hydrogen-bond acceptors (Lipinski definition) is 6. The minimum atomic E-state index is -3.31. The van der Waals surface area contributed by atoms with Crippen molar-refractivity contribution in [3.63, 3.8) is 0 Å². The molecule has 0 fully saturated rings. The van der Waals surface area contributed by atoms with E-state index in [-0.39, 0.29) is 4.90 Å². The van der Waals surface area contributed by atoms with Gasteiger partial charge < -0.3 is 10.1 Å². The van der Waals surface area contributed by atoms with Crippen LogP contribution < -0.4 is 10.1 Å². The monoisotopic (exact) mass is 373 g/mol.